The SMILES string of the molecule is C=C(C)C(=O)OCC(F)(F)C(F)(F)COC(=O)CC. The molecule has 0 aliphatic rings. The second kappa shape index (κ2) is 6.53. The van der Waals surface area contributed by atoms with Gasteiger partial charge in [-0.15, -0.1) is 0 Å². The predicted molar refractivity (Wildman–Crippen MR) is 56.9 cm³/mol. The lowest BCUT2D eigenvalue weighted by Gasteiger charge is -2.25. The molecular weight excluding hydrogens is 272 g/mol. The minimum atomic E-state index is -4.65. The molecule has 0 spiro atoms. The summed E-state index contributed by atoms with van der Waals surface area (Å²) in [6.07, 6.45) is -0.216. The van der Waals surface area contributed by atoms with Crippen molar-refractivity contribution in [3.05, 3.63) is 12.2 Å². The highest BCUT2D eigenvalue weighted by molar-refractivity contribution is 5.86. The first-order chi connectivity index (χ1) is 8.53. The maximum atomic E-state index is 13.1. The Hall–Kier alpha value is -1.60. The van der Waals surface area contributed by atoms with E-state index in [0.29, 0.717) is 0 Å². The fourth-order valence-corrected chi connectivity index (χ4v) is 0.764. The molecule has 0 aliphatic heterocycles. The van der Waals surface area contributed by atoms with Crippen LogP contribution < -0.4 is 0 Å². The van der Waals surface area contributed by atoms with Crippen LogP contribution in [0.4, 0.5) is 17.6 Å². The smallest absolute Gasteiger partial charge is 0.346 e. The molecule has 0 bridgehead atoms. The Kier molecular flexibility index (Phi) is 5.98. The average molecular weight is 286 g/mol. The van der Waals surface area contributed by atoms with E-state index >= 15 is 0 Å². The van der Waals surface area contributed by atoms with Crippen LogP contribution in [0.3, 0.4) is 0 Å². The lowest BCUT2D eigenvalue weighted by Crippen LogP contribution is -2.48. The van der Waals surface area contributed by atoms with Crippen LogP contribution in [0.15, 0.2) is 12.2 Å². The lowest BCUT2D eigenvalue weighted by molar-refractivity contribution is -0.247. The normalized spacial score (nSPS) is 11.9. The van der Waals surface area contributed by atoms with Crippen molar-refractivity contribution < 1.29 is 36.6 Å². The zero-order valence-electron chi connectivity index (χ0n) is 10.5. The van der Waals surface area contributed by atoms with Crippen molar-refractivity contribution in [1.82, 2.24) is 0 Å². The van der Waals surface area contributed by atoms with Crippen molar-refractivity contribution in [2.45, 2.75) is 32.1 Å². The molecule has 0 aromatic carbocycles. The Bertz CT molecular complexity index is 366. The summed E-state index contributed by atoms with van der Waals surface area (Å²) in [6.45, 7) is 2.02. The van der Waals surface area contributed by atoms with Gasteiger partial charge in [0.1, 0.15) is 0 Å². The summed E-state index contributed by atoms with van der Waals surface area (Å²) in [5, 5.41) is 0. The van der Waals surface area contributed by atoms with Gasteiger partial charge in [0.05, 0.1) is 0 Å². The van der Waals surface area contributed by atoms with Crippen LogP contribution in [0.2, 0.25) is 0 Å². The predicted octanol–water partition coefficient (Wildman–Crippen LogP) is 2.33. The lowest BCUT2D eigenvalue weighted by atomic mass is 10.2. The highest BCUT2D eigenvalue weighted by Gasteiger charge is 2.58. The molecule has 0 aliphatic carbocycles. The first kappa shape index (κ1) is 17.4. The van der Waals surface area contributed by atoms with Crippen molar-refractivity contribution in [3.8, 4) is 0 Å². The van der Waals surface area contributed by atoms with Crippen molar-refractivity contribution >= 4 is 11.9 Å². The first-order valence-electron chi connectivity index (χ1n) is 5.27. The molecule has 0 amide bonds. The largest absolute Gasteiger partial charge is 0.459 e. The Morgan fingerprint density at radius 3 is 1.84 bits per heavy atom. The molecular formula is C11H14F4O4. The molecule has 0 aromatic heterocycles. The molecule has 8 heteroatoms. The van der Waals surface area contributed by atoms with Gasteiger partial charge in [-0.1, -0.05) is 13.5 Å². The first-order valence-corrected chi connectivity index (χ1v) is 5.27. The van der Waals surface area contributed by atoms with E-state index in [4.69, 9.17) is 0 Å². The molecule has 0 aromatic rings. The van der Waals surface area contributed by atoms with E-state index in [1.807, 2.05) is 0 Å². The number of carbonyl (C=O) groups is 2. The van der Waals surface area contributed by atoms with Crippen LogP contribution in [0.1, 0.15) is 20.3 Å². The maximum Gasteiger partial charge on any atom is 0.346 e. The van der Waals surface area contributed by atoms with Crippen LogP contribution in [-0.4, -0.2) is 37.0 Å². The van der Waals surface area contributed by atoms with Crippen LogP contribution in [-0.2, 0) is 19.1 Å². The van der Waals surface area contributed by atoms with Crippen molar-refractivity contribution in [2.75, 3.05) is 13.2 Å². The van der Waals surface area contributed by atoms with Crippen LogP contribution in [0.5, 0.6) is 0 Å². The summed E-state index contributed by atoms with van der Waals surface area (Å²) in [5.74, 6) is -11.5. The maximum absolute atomic E-state index is 13.1. The average Bonchev–Trinajstić information content (AvgIpc) is 2.32. The highest BCUT2D eigenvalue weighted by Crippen LogP contribution is 2.35. The molecule has 0 atom stereocenters. The van der Waals surface area contributed by atoms with Crippen molar-refractivity contribution in [2.24, 2.45) is 0 Å². The summed E-state index contributed by atoms with van der Waals surface area (Å²) in [4.78, 5) is 21.5. The Balaban J connectivity index is 4.54. The molecule has 0 saturated heterocycles. The Morgan fingerprint density at radius 2 is 1.47 bits per heavy atom. The topological polar surface area (TPSA) is 52.6 Å². The number of esters is 2. The summed E-state index contributed by atoms with van der Waals surface area (Å²) >= 11 is 0. The number of halogens is 4. The third-order valence-corrected chi connectivity index (χ3v) is 1.97. The molecule has 0 radical (unpaired) electrons. The fraction of sp³-hybridized carbons (Fsp3) is 0.636. The molecule has 19 heavy (non-hydrogen) atoms. The third kappa shape index (κ3) is 5.27. The van der Waals surface area contributed by atoms with Gasteiger partial charge in [-0.2, -0.15) is 17.6 Å². The fourth-order valence-electron chi connectivity index (χ4n) is 0.764. The molecule has 0 saturated carbocycles. The molecule has 0 N–H and O–H groups in total. The zero-order chi connectivity index (χ0) is 15.3. The summed E-state index contributed by atoms with van der Waals surface area (Å²) < 4.78 is 60.4. The van der Waals surface area contributed by atoms with E-state index in [2.05, 4.69) is 16.1 Å². The monoisotopic (exact) mass is 286 g/mol. The van der Waals surface area contributed by atoms with Gasteiger partial charge in [-0.05, 0) is 6.92 Å². The van der Waals surface area contributed by atoms with E-state index in [9.17, 15) is 27.2 Å². The van der Waals surface area contributed by atoms with Gasteiger partial charge in [0.25, 0.3) is 0 Å². The zero-order valence-corrected chi connectivity index (χ0v) is 10.5. The highest BCUT2D eigenvalue weighted by atomic mass is 19.3. The van der Waals surface area contributed by atoms with E-state index < -0.39 is 37.0 Å². The number of rotatable bonds is 7. The van der Waals surface area contributed by atoms with Crippen molar-refractivity contribution in [1.29, 1.82) is 0 Å². The van der Waals surface area contributed by atoms with Gasteiger partial charge >= 0.3 is 23.8 Å². The second-order valence-corrected chi connectivity index (χ2v) is 3.78. The van der Waals surface area contributed by atoms with Crippen LogP contribution in [0, 0.1) is 0 Å². The standard InChI is InChI=1S/C11H14F4O4/c1-4-8(16)18-5-10(12,13)11(14,15)6-19-9(17)7(2)3/h2,4-6H2,1,3H3. The van der Waals surface area contributed by atoms with Crippen molar-refractivity contribution in [3.63, 3.8) is 0 Å². The molecule has 110 valence electrons. The number of alkyl halides is 4. The van der Waals surface area contributed by atoms with Gasteiger partial charge in [-0.25, -0.2) is 4.79 Å². The van der Waals surface area contributed by atoms with Gasteiger partial charge in [-0.3, -0.25) is 4.79 Å². The molecule has 0 unspecified atom stereocenters. The number of carbonyl (C=O) groups excluding carboxylic acids is 2. The van der Waals surface area contributed by atoms with E-state index in [0.717, 1.165) is 0 Å². The number of ether oxygens (including phenoxy) is 2. The van der Waals surface area contributed by atoms with E-state index in [1.165, 1.54) is 13.8 Å². The molecule has 0 heterocycles. The van der Waals surface area contributed by atoms with E-state index in [1.54, 1.807) is 0 Å². The number of hydrogen-bond acceptors (Lipinski definition) is 4. The summed E-state index contributed by atoms with van der Waals surface area (Å²) in [6, 6.07) is 0. The van der Waals surface area contributed by atoms with Gasteiger partial charge < -0.3 is 9.47 Å². The number of hydrogen-bond donors (Lipinski definition) is 0. The van der Waals surface area contributed by atoms with Gasteiger partial charge in [0, 0.05) is 12.0 Å². The minimum Gasteiger partial charge on any atom is -0.459 e. The Morgan fingerprint density at radius 1 is 1.05 bits per heavy atom. The molecule has 0 fully saturated rings. The van der Waals surface area contributed by atoms with Crippen LogP contribution in [0.25, 0.3) is 0 Å². The minimum absolute atomic E-state index is 0.198. The summed E-state index contributed by atoms with van der Waals surface area (Å²) in [5.41, 5.74) is -0.198. The van der Waals surface area contributed by atoms with Gasteiger partial charge in [0.15, 0.2) is 13.2 Å². The third-order valence-electron chi connectivity index (χ3n) is 1.97. The van der Waals surface area contributed by atoms with E-state index in [-0.39, 0.29) is 12.0 Å². The summed E-state index contributed by atoms with van der Waals surface area (Å²) in [7, 11) is 0. The Labute approximate surface area is 107 Å². The van der Waals surface area contributed by atoms with Gasteiger partial charge in [0.2, 0.25) is 0 Å². The van der Waals surface area contributed by atoms with Crippen LogP contribution >= 0.6 is 0 Å². The molecule has 4 nitrogen and oxygen atoms in total. The second-order valence-electron chi connectivity index (χ2n) is 3.78. The molecule has 0 rings (SSSR count). The quantitative estimate of drug-likeness (QED) is 0.409.